The van der Waals surface area contributed by atoms with Crippen molar-refractivity contribution in [2.75, 3.05) is 64.0 Å². The molecule has 0 radical (unpaired) electrons. The van der Waals surface area contributed by atoms with E-state index in [4.69, 9.17) is 24.4 Å². The average Bonchev–Trinajstić information content (AvgIpc) is 4.15. The van der Waals surface area contributed by atoms with Gasteiger partial charge < -0.3 is 40.1 Å². The van der Waals surface area contributed by atoms with Gasteiger partial charge in [0.1, 0.15) is 48.1 Å². The smallest absolute Gasteiger partial charge is 0.319 e. The minimum absolute atomic E-state index is 0.00874. The highest BCUT2D eigenvalue weighted by Crippen LogP contribution is 2.42. The summed E-state index contributed by atoms with van der Waals surface area (Å²) in [5, 5.41) is 29.5. The number of hydrogen-bond donors (Lipinski definition) is 4. The maximum atomic E-state index is 17.1. The standard InChI is InChI=1S/C58H70FN9O7S/c1-6-39-8-7-9-42-23-43(69)24-45(49(39)42)52-50(59)53-46(26-60-52)55(67-27-37-10-11-38(22-37)28-67)65-58(64-53)75-21-20-66-18-16-36(17-19-66)30-74-31-48(71)63-51(33(2)3)57(73)68-29-44(70)25-47(68)56(72)62-34(4)40-12-14-41(15-13-40)54-35(5)61-32-76-54/h7-9,12-15,23-24,26,32-34,36-38,44,47,51,69-70H,6,10-11,16-22,25,27-31H2,1-5H3,(H,62,72)(H,63,71)/t34-,37?,38?,44+,47-,51-/m0/s1. The van der Waals surface area contributed by atoms with E-state index in [1.165, 1.54) is 24.2 Å². The monoisotopic (exact) mass is 1060 g/mol. The van der Waals surface area contributed by atoms with Crippen LogP contribution in [-0.2, 0) is 25.5 Å². The van der Waals surface area contributed by atoms with Gasteiger partial charge in [0.2, 0.25) is 17.7 Å². The number of benzene rings is 3. The molecule has 3 amide bonds. The van der Waals surface area contributed by atoms with Gasteiger partial charge in [0.25, 0.3) is 0 Å². The number of β-amino-alcohol motifs (C(OH)–C–C–N with tert-alkyl or cyclic N) is 1. The van der Waals surface area contributed by atoms with E-state index >= 15 is 4.39 Å². The number of rotatable bonds is 18. The van der Waals surface area contributed by atoms with E-state index in [9.17, 15) is 24.6 Å². The van der Waals surface area contributed by atoms with Gasteiger partial charge in [-0.1, -0.05) is 63.2 Å². The largest absolute Gasteiger partial charge is 0.508 e. The maximum absolute atomic E-state index is 17.1. The highest BCUT2D eigenvalue weighted by molar-refractivity contribution is 7.13. The second-order valence-corrected chi connectivity index (χ2v) is 22.6. The van der Waals surface area contributed by atoms with Crippen molar-refractivity contribution in [3.05, 3.63) is 88.9 Å². The van der Waals surface area contributed by atoms with Gasteiger partial charge in [-0.15, -0.1) is 11.3 Å². The molecule has 1 saturated carbocycles. The molecule has 6 atom stereocenters. The van der Waals surface area contributed by atoms with Crippen molar-refractivity contribution in [3.63, 3.8) is 0 Å². The number of aliphatic hydroxyl groups excluding tert-OH is 1. The Hall–Kier alpha value is -6.34. The van der Waals surface area contributed by atoms with Crippen LogP contribution in [0.2, 0.25) is 0 Å². The fourth-order valence-electron chi connectivity index (χ4n) is 11.9. The third-order valence-corrected chi connectivity index (χ3v) is 17.0. The number of nitrogens with zero attached hydrogens (tertiary/aromatic N) is 7. The molecule has 4 N–H and O–H groups in total. The molecule has 6 heterocycles. The topological polar surface area (TPSA) is 195 Å². The first kappa shape index (κ1) is 53.1. The number of piperidine rings is 2. The molecular weight excluding hydrogens is 986 g/mol. The van der Waals surface area contributed by atoms with Crippen molar-refractivity contribution in [1.82, 2.24) is 40.4 Å². The van der Waals surface area contributed by atoms with Gasteiger partial charge in [0, 0.05) is 44.4 Å². The first-order valence-electron chi connectivity index (χ1n) is 27.1. The molecule has 6 aromatic rings. The molecule has 4 aliphatic rings. The number of anilines is 1. The summed E-state index contributed by atoms with van der Waals surface area (Å²) in [5.74, 6) is -0.0520. The lowest BCUT2D eigenvalue weighted by molar-refractivity contribution is -0.143. The normalized spacial score (nSPS) is 20.9. The fraction of sp³-hybridized carbons (Fsp3) is 0.500. The molecule has 10 rings (SSSR count). The fourth-order valence-corrected chi connectivity index (χ4v) is 12.7. The predicted molar refractivity (Wildman–Crippen MR) is 292 cm³/mol. The van der Waals surface area contributed by atoms with Gasteiger partial charge in [-0.05, 0) is 129 Å². The van der Waals surface area contributed by atoms with Crippen molar-refractivity contribution in [3.8, 4) is 33.5 Å². The summed E-state index contributed by atoms with van der Waals surface area (Å²) in [6, 6.07) is 15.1. The van der Waals surface area contributed by atoms with Crippen LogP contribution in [0.5, 0.6) is 11.8 Å². The number of aromatic hydroxyl groups is 1. The molecule has 18 heteroatoms. The van der Waals surface area contributed by atoms with Crippen molar-refractivity contribution in [1.29, 1.82) is 0 Å². The molecule has 2 unspecified atom stereocenters. The van der Waals surface area contributed by atoms with E-state index in [1.54, 1.807) is 29.7 Å². The molecule has 76 heavy (non-hydrogen) atoms. The molecular formula is C58H70FN9O7S. The third kappa shape index (κ3) is 11.5. The number of ether oxygens (including phenoxy) is 2. The molecule has 16 nitrogen and oxygen atoms in total. The molecule has 3 aromatic carbocycles. The number of fused-ring (bicyclic) bond motifs is 4. The van der Waals surface area contributed by atoms with Gasteiger partial charge in [0.05, 0.1) is 40.2 Å². The van der Waals surface area contributed by atoms with E-state index in [-0.39, 0.29) is 66.3 Å². The van der Waals surface area contributed by atoms with Gasteiger partial charge in [-0.3, -0.25) is 24.3 Å². The van der Waals surface area contributed by atoms with E-state index in [1.807, 2.05) is 75.7 Å². The summed E-state index contributed by atoms with van der Waals surface area (Å²) < 4.78 is 29.3. The number of carbonyl (C=O) groups excluding carboxylic acids is 3. The van der Waals surface area contributed by atoms with Gasteiger partial charge in [0.15, 0.2) is 5.82 Å². The average molecular weight is 1060 g/mol. The van der Waals surface area contributed by atoms with Crippen LogP contribution in [0.25, 0.3) is 43.4 Å². The number of aliphatic hydroxyl groups is 1. The van der Waals surface area contributed by atoms with E-state index in [2.05, 4.69) is 32.3 Å². The summed E-state index contributed by atoms with van der Waals surface area (Å²) in [4.78, 5) is 66.8. The van der Waals surface area contributed by atoms with Crippen LogP contribution in [0, 0.1) is 36.4 Å². The number of hydrogen-bond acceptors (Lipinski definition) is 14. The number of carbonyl (C=O) groups is 3. The Bertz CT molecular complexity index is 3060. The Morgan fingerprint density at radius 2 is 1.70 bits per heavy atom. The molecule has 1 aliphatic carbocycles. The Morgan fingerprint density at radius 1 is 0.934 bits per heavy atom. The highest BCUT2D eigenvalue weighted by Gasteiger charge is 2.43. The number of aromatic nitrogens is 4. The van der Waals surface area contributed by atoms with Crippen LogP contribution in [0.3, 0.4) is 0 Å². The number of nitrogens with one attached hydrogen (secondary N) is 2. The molecule has 3 aliphatic heterocycles. The number of pyridine rings is 1. The molecule has 3 saturated heterocycles. The van der Waals surface area contributed by atoms with Crippen LogP contribution in [-0.4, -0.2) is 135 Å². The second kappa shape index (κ2) is 23.1. The van der Waals surface area contributed by atoms with E-state index in [0.29, 0.717) is 48.4 Å². The van der Waals surface area contributed by atoms with Crippen LogP contribution in [0.1, 0.15) is 89.1 Å². The number of amides is 3. The zero-order valence-corrected chi connectivity index (χ0v) is 45.0. The lowest BCUT2D eigenvalue weighted by atomic mass is 9.95. The minimum Gasteiger partial charge on any atom is -0.508 e. The summed E-state index contributed by atoms with van der Waals surface area (Å²) in [6.45, 7) is 13.9. The van der Waals surface area contributed by atoms with E-state index < -0.39 is 35.8 Å². The summed E-state index contributed by atoms with van der Waals surface area (Å²) >= 11 is 1.58. The highest BCUT2D eigenvalue weighted by atomic mass is 32.1. The van der Waals surface area contributed by atoms with Crippen molar-refractivity contribution in [2.45, 2.75) is 104 Å². The Morgan fingerprint density at radius 3 is 2.41 bits per heavy atom. The lowest BCUT2D eigenvalue weighted by Gasteiger charge is -2.33. The second-order valence-electron chi connectivity index (χ2n) is 21.8. The van der Waals surface area contributed by atoms with Crippen molar-refractivity contribution in [2.24, 2.45) is 23.7 Å². The SMILES string of the molecule is CCc1cccc2cc(O)cc(-c3ncc4c(N5CC6CCC(C6)C5)nc(OCCN5CCC(COCC(=O)N[C@H](C(=O)N6C[C@H](O)C[C@H]6C(=O)N[C@@H](C)c6ccc(-c7scnc7C)cc6)C(C)C)CC5)nc4c3F)c12. The molecule has 0 spiro atoms. The number of likely N-dealkylation sites (tertiary alicyclic amines) is 2. The maximum Gasteiger partial charge on any atom is 0.319 e. The number of aryl methyl sites for hydroxylation is 2. The predicted octanol–water partition coefficient (Wildman–Crippen LogP) is 8.01. The molecule has 2 bridgehead atoms. The zero-order valence-electron chi connectivity index (χ0n) is 44.1. The van der Waals surface area contributed by atoms with Crippen LogP contribution in [0.15, 0.2) is 66.3 Å². The first-order chi connectivity index (χ1) is 36.7. The first-order valence-corrected chi connectivity index (χ1v) is 28.0. The summed E-state index contributed by atoms with van der Waals surface area (Å²) in [7, 11) is 0. The molecule has 402 valence electrons. The quantitative estimate of drug-likeness (QED) is 0.0647. The Balaban J connectivity index is 0.714. The van der Waals surface area contributed by atoms with Crippen molar-refractivity contribution >= 4 is 56.6 Å². The zero-order chi connectivity index (χ0) is 53.2. The number of phenols is 1. The van der Waals surface area contributed by atoms with Gasteiger partial charge in [-0.25, -0.2) is 9.37 Å². The van der Waals surface area contributed by atoms with Crippen LogP contribution in [0.4, 0.5) is 10.2 Å². The Labute approximate surface area is 447 Å². The number of halogens is 1. The molecule has 3 aromatic heterocycles. The van der Waals surface area contributed by atoms with Crippen LogP contribution >= 0.6 is 11.3 Å². The third-order valence-electron chi connectivity index (χ3n) is 16.1. The summed E-state index contributed by atoms with van der Waals surface area (Å²) in [5.41, 5.74) is 6.53. The minimum atomic E-state index is -0.915. The van der Waals surface area contributed by atoms with E-state index in [0.717, 1.165) is 83.5 Å². The molecule has 4 fully saturated rings. The number of phenolic OH excluding ortho intramolecular Hbond substituents is 1. The number of thiazole rings is 1. The van der Waals surface area contributed by atoms with Crippen LogP contribution < -0.4 is 20.3 Å². The Kier molecular flexibility index (Phi) is 16.1. The summed E-state index contributed by atoms with van der Waals surface area (Å²) in [6.07, 6.45) is 6.89. The van der Waals surface area contributed by atoms with Crippen molar-refractivity contribution < 1.29 is 38.5 Å². The van der Waals surface area contributed by atoms with Gasteiger partial charge in [-0.2, -0.15) is 9.97 Å². The lowest BCUT2D eigenvalue weighted by Crippen LogP contribution is -2.55. The van der Waals surface area contributed by atoms with Gasteiger partial charge >= 0.3 is 6.01 Å².